The largest absolute Gasteiger partial charge is 0.355 e. The van der Waals surface area contributed by atoms with Gasteiger partial charge in [0.05, 0.1) is 5.02 Å². The van der Waals surface area contributed by atoms with Crippen molar-refractivity contribution in [2.45, 2.75) is 32.2 Å². The van der Waals surface area contributed by atoms with Gasteiger partial charge in [-0.15, -0.1) is 0 Å². The zero-order valence-electron chi connectivity index (χ0n) is 14.8. The molecule has 4 rings (SSSR count). The van der Waals surface area contributed by atoms with E-state index in [4.69, 9.17) is 11.6 Å². The van der Waals surface area contributed by atoms with E-state index in [1.807, 2.05) is 29.2 Å². The van der Waals surface area contributed by atoms with Crippen LogP contribution in [-0.2, 0) is 11.3 Å². The molecule has 0 saturated carbocycles. The standard InChI is InChI=1S/C20H23ClN4O/c21-17-3-1-9-23-19(17)24-12-2-7-20(14-24)8-4-18(26)25(15-20)13-16-5-10-22-11-6-16/h1,3,5-6,9-11H,2,4,7-8,12-15H2/t20-/m0/s1. The van der Waals surface area contributed by atoms with Crippen molar-refractivity contribution in [3.63, 3.8) is 0 Å². The minimum Gasteiger partial charge on any atom is -0.355 e. The first-order chi connectivity index (χ1) is 12.7. The monoisotopic (exact) mass is 370 g/mol. The Labute approximate surface area is 159 Å². The Balaban J connectivity index is 1.52. The van der Waals surface area contributed by atoms with Crippen molar-refractivity contribution in [1.29, 1.82) is 0 Å². The lowest BCUT2D eigenvalue weighted by atomic mass is 9.73. The molecule has 2 aliphatic heterocycles. The lowest BCUT2D eigenvalue weighted by molar-refractivity contribution is -0.138. The molecule has 0 radical (unpaired) electrons. The summed E-state index contributed by atoms with van der Waals surface area (Å²) < 4.78 is 0. The van der Waals surface area contributed by atoms with Gasteiger partial charge in [-0.1, -0.05) is 11.6 Å². The highest BCUT2D eigenvalue weighted by molar-refractivity contribution is 6.32. The molecule has 6 heteroatoms. The summed E-state index contributed by atoms with van der Waals surface area (Å²) in [5.41, 5.74) is 1.26. The molecule has 2 saturated heterocycles. The minimum atomic E-state index is 0.125. The number of anilines is 1. The van der Waals surface area contributed by atoms with Crippen LogP contribution in [0.2, 0.25) is 5.02 Å². The van der Waals surface area contributed by atoms with Gasteiger partial charge in [-0.2, -0.15) is 0 Å². The topological polar surface area (TPSA) is 49.3 Å². The van der Waals surface area contributed by atoms with Crippen LogP contribution < -0.4 is 4.90 Å². The van der Waals surface area contributed by atoms with E-state index in [9.17, 15) is 4.79 Å². The zero-order valence-corrected chi connectivity index (χ0v) is 15.5. The molecule has 5 nitrogen and oxygen atoms in total. The summed E-state index contributed by atoms with van der Waals surface area (Å²) in [6.07, 6.45) is 9.17. The van der Waals surface area contributed by atoms with Gasteiger partial charge in [0.2, 0.25) is 5.91 Å². The number of likely N-dealkylation sites (tertiary alicyclic amines) is 1. The molecule has 0 aliphatic carbocycles. The molecule has 2 aliphatic rings. The van der Waals surface area contributed by atoms with Gasteiger partial charge < -0.3 is 9.80 Å². The quantitative estimate of drug-likeness (QED) is 0.829. The number of aromatic nitrogens is 2. The van der Waals surface area contributed by atoms with Crippen LogP contribution in [0, 0.1) is 5.41 Å². The van der Waals surface area contributed by atoms with E-state index in [1.165, 1.54) is 0 Å². The summed E-state index contributed by atoms with van der Waals surface area (Å²) in [5.74, 6) is 1.12. The summed E-state index contributed by atoms with van der Waals surface area (Å²) in [7, 11) is 0. The number of carbonyl (C=O) groups excluding carboxylic acids is 1. The highest BCUT2D eigenvalue weighted by atomic mass is 35.5. The molecule has 2 aromatic rings. The normalized spacial score (nSPS) is 23.5. The summed E-state index contributed by atoms with van der Waals surface area (Å²) in [6.45, 7) is 3.34. The van der Waals surface area contributed by atoms with Crippen molar-refractivity contribution in [2.24, 2.45) is 5.41 Å². The third-order valence-corrected chi connectivity index (χ3v) is 5.87. The van der Waals surface area contributed by atoms with Gasteiger partial charge in [0.25, 0.3) is 0 Å². The predicted octanol–water partition coefficient (Wildman–Crippen LogP) is 3.54. The minimum absolute atomic E-state index is 0.125. The Morgan fingerprint density at radius 3 is 2.77 bits per heavy atom. The number of halogens is 1. The van der Waals surface area contributed by atoms with E-state index in [-0.39, 0.29) is 11.3 Å². The highest BCUT2D eigenvalue weighted by Gasteiger charge is 2.42. The Morgan fingerprint density at radius 1 is 1.12 bits per heavy atom. The molecular formula is C20H23ClN4O. The van der Waals surface area contributed by atoms with Crippen LogP contribution in [0.25, 0.3) is 0 Å². The Bertz CT molecular complexity index is 784. The molecule has 1 spiro atoms. The van der Waals surface area contributed by atoms with Crippen LogP contribution in [0.15, 0.2) is 42.9 Å². The molecule has 136 valence electrons. The molecule has 0 N–H and O–H groups in total. The smallest absolute Gasteiger partial charge is 0.222 e. The van der Waals surface area contributed by atoms with Crippen LogP contribution in [-0.4, -0.2) is 40.4 Å². The summed E-state index contributed by atoms with van der Waals surface area (Å²) in [5, 5.41) is 0.699. The Morgan fingerprint density at radius 2 is 1.96 bits per heavy atom. The maximum absolute atomic E-state index is 12.5. The van der Waals surface area contributed by atoms with E-state index in [0.717, 1.165) is 50.3 Å². The van der Waals surface area contributed by atoms with E-state index >= 15 is 0 Å². The third kappa shape index (κ3) is 3.54. The first-order valence-electron chi connectivity index (χ1n) is 9.17. The molecule has 2 aromatic heterocycles. The van der Waals surface area contributed by atoms with Crippen LogP contribution in [0.4, 0.5) is 5.82 Å². The van der Waals surface area contributed by atoms with Crippen molar-refractivity contribution in [1.82, 2.24) is 14.9 Å². The number of rotatable bonds is 3. The van der Waals surface area contributed by atoms with E-state index in [2.05, 4.69) is 14.9 Å². The Kier molecular flexibility index (Phi) is 4.81. The summed E-state index contributed by atoms with van der Waals surface area (Å²) in [6, 6.07) is 7.72. The number of piperidine rings is 2. The second-order valence-corrected chi connectivity index (χ2v) is 7.85. The van der Waals surface area contributed by atoms with Crippen LogP contribution in [0.1, 0.15) is 31.2 Å². The average Bonchev–Trinajstić information content (AvgIpc) is 2.66. The van der Waals surface area contributed by atoms with E-state index < -0.39 is 0 Å². The third-order valence-electron chi connectivity index (χ3n) is 5.57. The van der Waals surface area contributed by atoms with Crippen LogP contribution >= 0.6 is 11.6 Å². The highest BCUT2D eigenvalue weighted by Crippen LogP contribution is 2.41. The molecule has 0 unspecified atom stereocenters. The molecular weight excluding hydrogens is 348 g/mol. The fourth-order valence-corrected chi connectivity index (χ4v) is 4.53. The molecule has 4 heterocycles. The zero-order chi connectivity index (χ0) is 18.0. The molecule has 1 atom stereocenters. The van der Waals surface area contributed by atoms with Crippen LogP contribution in [0.5, 0.6) is 0 Å². The second kappa shape index (κ2) is 7.23. The second-order valence-electron chi connectivity index (χ2n) is 7.44. The number of nitrogens with zero attached hydrogens (tertiary/aromatic N) is 4. The van der Waals surface area contributed by atoms with Crippen molar-refractivity contribution in [3.8, 4) is 0 Å². The number of amides is 1. The average molecular weight is 371 g/mol. The summed E-state index contributed by atoms with van der Waals surface area (Å²) in [4.78, 5) is 25.4. The van der Waals surface area contributed by atoms with Crippen LogP contribution in [0.3, 0.4) is 0 Å². The van der Waals surface area contributed by atoms with Gasteiger partial charge in [-0.05, 0) is 49.1 Å². The summed E-state index contributed by atoms with van der Waals surface area (Å²) >= 11 is 6.37. The maximum atomic E-state index is 12.5. The molecule has 2 fully saturated rings. The first-order valence-corrected chi connectivity index (χ1v) is 9.55. The van der Waals surface area contributed by atoms with Crippen molar-refractivity contribution in [2.75, 3.05) is 24.5 Å². The molecule has 1 amide bonds. The maximum Gasteiger partial charge on any atom is 0.222 e. The van der Waals surface area contributed by atoms with E-state index in [0.29, 0.717) is 18.0 Å². The lowest BCUT2D eigenvalue weighted by Crippen LogP contribution is -2.54. The van der Waals surface area contributed by atoms with Crippen molar-refractivity contribution in [3.05, 3.63) is 53.4 Å². The molecule has 0 aromatic carbocycles. The fraction of sp³-hybridized carbons (Fsp3) is 0.450. The molecule has 0 bridgehead atoms. The van der Waals surface area contributed by atoms with Gasteiger partial charge in [0, 0.05) is 56.6 Å². The number of hydrogen-bond donors (Lipinski definition) is 0. The van der Waals surface area contributed by atoms with Gasteiger partial charge in [-0.25, -0.2) is 4.98 Å². The van der Waals surface area contributed by atoms with Gasteiger partial charge >= 0.3 is 0 Å². The SMILES string of the molecule is O=C1CC[C@]2(CCCN(c3ncccc3Cl)C2)CN1Cc1ccncc1. The fourth-order valence-electron chi connectivity index (χ4n) is 4.29. The number of carbonyl (C=O) groups is 1. The Hall–Kier alpha value is -2.14. The van der Waals surface area contributed by atoms with E-state index in [1.54, 1.807) is 18.6 Å². The molecule has 26 heavy (non-hydrogen) atoms. The van der Waals surface area contributed by atoms with Crippen molar-refractivity contribution >= 4 is 23.3 Å². The van der Waals surface area contributed by atoms with Crippen molar-refractivity contribution < 1.29 is 4.79 Å². The number of pyridine rings is 2. The lowest BCUT2D eigenvalue weighted by Gasteiger charge is -2.48. The van der Waals surface area contributed by atoms with Gasteiger partial charge in [0.15, 0.2) is 0 Å². The van der Waals surface area contributed by atoms with Gasteiger partial charge in [-0.3, -0.25) is 9.78 Å². The van der Waals surface area contributed by atoms with Gasteiger partial charge in [0.1, 0.15) is 5.82 Å². The number of hydrogen-bond acceptors (Lipinski definition) is 4. The first kappa shape index (κ1) is 17.3. The predicted molar refractivity (Wildman–Crippen MR) is 102 cm³/mol.